The van der Waals surface area contributed by atoms with E-state index in [0.717, 1.165) is 16.7 Å². The lowest BCUT2D eigenvalue weighted by atomic mass is 9.97. The summed E-state index contributed by atoms with van der Waals surface area (Å²) in [7, 11) is -7.31. The van der Waals surface area contributed by atoms with Crippen LogP contribution >= 0.6 is 0 Å². The smallest absolute Gasteiger partial charge is 0.223 e. The Morgan fingerprint density at radius 3 is 1.88 bits per heavy atom. The second-order valence-corrected chi connectivity index (χ2v) is 12.9. The maximum Gasteiger partial charge on any atom is 0.243 e. The molecule has 0 aliphatic carbocycles. The molecular weight excluding hydrogens is 454 g/mol. The fourth-order valence-corrected chi connectivity index (χ4v) is 7.87. The van der Waals surface area contributed by atoms with Crippen LogP contribution in [0.5, 0.6) is 0 Å². The molecule has 0 amide bonds. The average Bonchev–Trinajstić information content (AvgIpc) is 2.80. The van der Waals surface area contributed by atoms with Crippen molar-refractivity contribution in [2.24, 2.45) is 0 Å². The SMILES string of the molecule is Cc1ccc(S(=O)(=O)[C@@H]2CCN(S(=O)(=O)c3ccc(C)cc3)[C@@H](Cc3ccccc3)C2)cc1. The van der Waals surface area contributed by atoms with Gasteiger partial charge in [0, 0.05) is 12.6 Å². The molecule has 5 nitrogen and oxygen atoms in total. The highest BCUT2D eigenvalue weighted by Crippen LogP contribution is 2.33. The molecule has 174 valence electrons. The number of hydrogen-bond donors (Lipinski definition) is 0. The van der Waals surface area contributed by atoms with Crippen molar-refractivity contribution in [3.8, 4) is 0 Å². The van der Waals surface area contributed by atoms with Crippen molar-refractivity contribution in [3.05, 3.63) is 95.6 Å². The Bertz CT molecular complexity index is 1300. The van der Waals surface area contributed by atoms with E-state index in [1.807, 2.05) is 44.2 Å². The molecule has 1 fully saturated rings. The first-order valence-corrected chi connectivity index (χ1v) is 14.1. The molecule has 7 heteroatoms. The number of rotatable bonds is 6. The number of piperidine rings is 1. The molecule has 0 spiro atoms. The van der Waals surface area contributed by atoms with Gasteiger partial charge in [0.25, 0.3) is 0 Å². The van der Waals surface area contributed by atoms with Gasteiger partial charge in [-0.15, -0.1) is 0 Å². The van der Waals surface area contributed by atoms with Crippen LogP contribution in [0.4, 0.5) is 0 Å². The summed E-state index contributed by atoms with van der Waals surface area (Å²) in [6, 6.07) is 22.9. The van der Waals surface area contributed by atoms with Gasteiger partial charge in [-0.1, -0.05) is 65.7 Å². The van der Waals surface area contributed by atoms with E-state index in [-0.39, 0.29) is 24.3 Å². The summed E-state index contributed by atoms with van der Waals surface area (Å²) in [4.78, 5) is 0.539. The summed E-state index contributed by atoms with van der Waals surface area (Å²) in [5.41, 5.74) is 2.97. The van der Waals surface area contributed by atoms with Crippen molar-refractivity contribution >= 4 is 19.9 Å². The van der Waals surface area contributed by atoms with Crippen LogP contribution in [0.3, 0.4) is 0 Å². The van der Waals surface area contributed by atoms with Gasteiger partial charge in [0.2, 0.25) is 10.0 Å². The topological polar surface area (TPSA) is 71.5 Å². The zero-order valence-electron chi connectivity index (χ0n) is 18.9. The predicted octanol–water partition coefficient (Wildman–Crippen LogP) is 4.54. The molecule has 1 aliphatic heterocycles. The molecule has 3 aromatic carbocycles. The number of nitrogens with zero attached hydrogens (tertiary/aromatic N) is 1. The van der Waals surface area contributed by atoms with Crippen LogP contribution in [0, 0.1) is 13.8 Å². The first-order chi connectivity index (χ1) is 15.7. The molecule has 4 rings (SSSR count). The Kier molecular flexibility index (Phi) is 6.75. The lowest BCUT2D eigenvalue weighted by Crippen LogP contribution is -2.50. The molecule has 0 aromatic heterocycles. The summed E-state index contributed by atoms with van der Waals surface area (Å²) in [5.74, 6) is 0. The maximum absolute atomic E-state index is 13.5. The fraction of sp³-hybridized carbons (Fsp3) is 0.308. The first-order valence-electron chi connectivity index (χ1n) is 11.1. The quantitative estimate of drug-likeness (QED) is 0.516. The van der Waals surface area contributed by atoms with Crippen LogP contribution in [-0.4, -0.2) is 39.0 Å². The van der Waals surface area contributed by atoms with Crippen molar-refractivity contribution in [3.63, 3.8) is 0 Å². The van der Waals surface area contributed by atoms with E-state index >= 15 is 0 Å². The van der Waals surface area contributed by atoms with E-state index in [0.29, 0.717) is 11.3 Å². The van der Waals surface area contributed by atoms with Crippen LogP contribution < -0.4 is 0 Å². The average molecular weight is 484 g/mol. The van der Waals surface area contributed by atoms with Crippen LogP contribution in [0.15, 0.2) is 88.7 Å². The standard InChI is InChI=1S/C26H29NO4S2/c1-20-8-12-24(13-9-20)32(28,29)26-16-17-27(23(19-26)18-22-6-4-3-5-7-22)33(30,31)25-14-10-21(2)11-15-25/h3-15,23,26H,16-19H2,1-2H3/t23-,26+/m0/s1. The highest BCUT2D eigenvalue weighted by Gasteiger charge is 2.41. The molecule has 1 aliphatic rings. The predicted molar refractivity (Wildman–Crippen MR) is 130 cm³/mol. The molecule has 0 unspecified atom stereocenters. The Morgan fingerprint density at radius 2 is 1.30 bits per heavy atom. The molecule has 0 radical (unpaired) electrons. The summed E-state index contributed by atoms with van der Waals surface area (Å²) < 4.78 is 55.4. The number of hydrogen-bond acceptors (Lipinski definition) is 4. The van der Waals surface area contributed by atoms with Crippen molar-refractivity contribution < 1.29 is 16.8 Å². The van der Waals surface area contributed by atoms with E-state index in [2.05, 4.69) is 0 Å². The maximum atomic E-state index is 13.5. The molecular formula is C26H29NO4S2. The van der Waals surface area contributed by atoms with E-state index in [9.17, 15) is 16.8 Å². The minimum atomic E-state index is -3.75. The van der Waals surface area contributed by atoms with E-state index < -0.39 is 31.2 Å². The molecule has 3 aromatic rings. The minimum absolute atomic E-state index is 0.170. The van der Waals surface area contributed by atoms with E-state index in [1.54, 1.807) is 48.5 Å². The van der Waals surface area contributed by atoms with Crippen LogP contribution in [0.2, 0.25) is 0 Å². The summed E-state index contributed by atoms with van der Waals surface area (Å²) >= 11 is 0. The number of aryl methyl sites for hydroxylation is 2. The van der Waals surface area contributed by atoms with Gasteiger partial charge >= 0.3 is 0 Å². The normalized spacial score (nSPS) is 19.9. The second-order valence-electron chi connectivity index (χ2n) is 8.78. The fourth-order valence-electron chi connectivity index (χ4n) is 4.43. The van der Waals surface area contributed by atoms with Gasteiger partial charge in [0.05, 0.1) is 15.0 Å². The van der Waals surface area contributed by atoms with Gasteiger partial charge in [0.1, 0.15) is 0 Å². The highest BCUT2D eigenvalue weighted by molar-refractivity contribution is 7.92. The van der Waals surface area contributed by atoms with Gasteiger partial charge < -0.3 is 0 Å². The highest BCUT2D eigenvalue weighted by atomic mass is 32.2. The van der Waals surface area contributed by atoms with Gasteiger partial charge in [-0.2, -0.15) is 4.31 Å². The number of sulfonamides is 1. The third-order valence-corrected chi connectivity index (χ3v) is 10.5. The zero-order valence-corrected chi connectivity index (χ0v) is 20.5. The largest absolute Gasteiger partial charge is 0.243 e. The monoisotopic (exact) mass is 483 g/mol. The molecule has 0 bridgehead atoms. The van der Waals surface area contributed by atoms with Crippen molar-refractivity contribution in [2.75, 3.05) is 6.54 Å². The molecule has 1 saturated heterocycles. The van der Waals surface area contributed by atoms with Gasteiger partial charge in [0.15, 0.2) is 9.84 Å². The zero-order chi connectivity index (χ0) is 23.6. The third-order valence-electron chi connectivity index (χ3n) is 6.34. The van der Waals surface area contributed by atoms with Crippen LogP contribution in [0.1, 0.15) is 29.5 Å². The van der Waals surface area contributed by atoms with E-state index in [1.165, 1.54) is 4.31 Å². The number of sulfone groups is 1. The Labute approximate surface area is 197 Å². The molecule has 0 N–H and O–H groups in total. The minimum Gasteiger partial charge on any atom is -0.223 e. The summed E-state index contributed by atoms with van der Waals surface area (Å²) in [6.45, 7) is 4.00. The molecule has 2 atom stereocenters. The van der Waals surface area contributed by atoms with Crippen molar-refractivity contribution in [1.82, 2.24) is 4.31 Å². The van der Waals surface area contributed by atoms with Crippen molar-refractivity contribution in [1.29, 1.82) is 0 Å². The second kappa shape index (κ2) is 9.41. The summed E-state index contributed by atoms with van der Waals surface area (Å²) in [6.07, 6.45) is 0.995. The number of benzene rings is 3. The first kappa shape index (κ1) is 23.7. The van der Waals surface area contributed by atoms with Crippen LogP contribution in [0.25, 0.3) is 0 Å². The molecule has 0 saturated carbocycles. The third kappa shape index (κ3) is 5.05. The molecule has 1 heterocycles. The Hall–Kier alpha value is -2.48. The Balaban J connectivity index is 1.67. The van der Waals surface area contributed by atoms with Crippen LogP contribution in [-0.2, 0) is 26.3 Å². The van der Waals surface area contributed by atoms with E-state index in [4.69, 9.17) is 0 Å². The van der Waals surface area contributed by atoms with Gasteiger partial charge in [-0.3, -0.25) is 0 Å². The lowest BCUT2D eigenvalue weighted by molar-refractivity contribution is 0.252. The van der Waals surface area contributed by atoms with Gasteiger partial charge in [-0.05, 0) is 62.9 Å². The van der Waals surface area contributed by atoms with Gasteiger partial charge in [-0.25, -0.2) is 16.8 Å². The summed E-state index contributed by atoms with van der Waals surface area (Å²) in [5, 5.41) is -0.626. The molecule has 33 heavy (non-hydrogen) atoms. The lowest BCUT2D eigenvalue weighted by Gasteiger charge is -2.38. The van der Waals surface area contributed by atoms with Crippen molar-refractivity contribution in [2.45, 2.75) is 54.2 Å². The Morgan fingerprint density at radius 1 is 0.758 bits per heavy atom.